The van der Waals surface area contributed by atoms with Gasteiger partial charge in [-0.25, -0.2) is 0 Å². The fourth-order valence-electron chi connectivity index (χ4n) is 4.66. The van der Waals surface area contributed by atoms with Crippen LogP contribution in [0.3, 0.4) is 0 Å². The van der Waals surface area contributed by atoms with E-state index in [9.17, 15) is 0 Å². The monoisotopic (exact) mass is 310 g/mol. The van der Waals surface area contributed by atoms with E-state index in [1.54, 1.807) is 5.56 Å². The van der Waals surface area contributed by atoms with Gasteiger partial charge in [0.25, 0.3) is 0 Å². The molecule has 2 aromatic rings. The van der Waals surface area contributed by atoms with Gasteiger partial charge in [0, 0.05) is 5.02 Å². The molecule has 0 radical (unpaired) electrons. The molecule has 2 atom stereocenters. The lowest BCUT2D eigenvalue weighted by atomic mass is 9.76. The quantitative estimate of drug-likeness (QED) is 0.585. The summed E-state index contributed by atoms with van der Waals surface area (Å²) in [6, 6.07) is 15.2. The summed E-state index contributed by atoms with van der Waals surface area (Å²) in [6.07, 6.45) is 7.24. The van der Waals surface area contributed by atoms with Crippen molar-refractivity contribution >= 4 is 11.6 Å². The Morgan fingerprint density at radius 3 is 2.14 bits per heavy atom. The first kappa shape index (κ1) is 14.3. The lowest BCUT2D eigenvalue weighted by molar-refractivity contribution is 0.319. The lowest BCUT2D eigenvalue weighted by Gasteiger charge is -2.29. The van der Waals surface area contributed by atoms with Gasteiger partial charge in [0.2, 0.25) is 0 Å². The molecule has 0 spiro atoms. The van der Waals surface area contributed by atoms with Crippen molar-refractivity contribution in [2.24, 2.45) is 11.8 Å². The van der Waals surface area contributed by atoms with Gasteiger partial charge >= 0.3 is 0 Å². The van der Waals surface area contributed by atoms with Crippen molar-refractivity contribution in [1.82, 2.24) is 0 Å². The Labute approximate surface area is 138 Å². The van der Waals surface area contributed by atoms with Crippen LogP contribution in [0.4, 0.5) is 0 Å². The Bertz CT molecular complexity index is 659. The van der Waals surface area contributed by atoms with Gasteiger partial charge in [-0.15, -0.1) is 0 Å². The van der Waals surface area contributed by atoms with Crippen molar-refractivity contribution in [3.05, 3.63) is 58.6 Å². The summed E-state index contributed by atoms with van der Waals surface area (Å²) in [5.74, 6) is 2.75. The number of aryl methyl sites for hydroxylation is 1. The molecule has 0 amide bonds. The van der Waals surface area contributed by atoms with Crippen LogP contribution in [0, 0.1) is 18.8 Å². The number of hydrogen-bond donors (Lipinski definition) is 0. The van der Waals surface area contributed by atoms with Crippen LogP contribution in [0.2, 0.25) is 5.02 Å². The molecule has 0 aliphatic heterocycles. The summed E-state index contributed by atoms with van der Waals surface area (Å²) in [6.45, 7) is 2.28. The lowest BCUT2D eigenvalue weighted by Crippen LogP contribution is -2.15. The number of benzene rings is 2. The van der Waals surface area contributed by atoms with E-state index in [2.05, 4.69) is 37.3 Å². The zero-order valence-corrected chi connectivity index (χ0v) is 13.9. The zero-order chi connectivity index (χ0) is 15.1. The van der Waals surface area contributed by atoms with E-state index in [1.807, 2.05) is 12.1 Å². The van der Waals surface area contributed by atoms with Crippen LogP contribution < -0.4 is 0 Å². The van der Waals surface area contributed by atoms with E-state index < -0.39 is 0 Å². The van der Waals surface area contributed by atoms with Gasteiger partial charge in [0.15, 0.2) is 0 Å². The maximum Gasteiger partial charge on any atom is 0.0406 e. The van der Waals surface area contributed by atoms with Crippen LogP contribution in [0.25, 0.3) is 11.1 Å². The molecular formula is C21H23Cl. The first-order valence-corrected chi connectivity index (χ1v) is 8.93. The maximum atomic E-state index is 6.02. The van der Waals surface area contributed by atoms with Gasteiger partial charge < -0.3 is 0 Å². The Morgan fingerprint density at radius 1 is 0.818 bits per heavy atom. The van der Waals surface area contributed by atoms with Crippen molar-refractivity contribution in [2.45, 2.75) is 44.9 Å². The fourth-order valence-corrected chi connectivity index (χ4v) is 4.79. The van der Waals surface area contributed by atoms with Crippen LogP contribution >= 0.6 is 11.6 Å². The van der Waals surface area contributed by atoms with Gasteiger partial charge in [0.05, 0.1) is 0 Å². The molecule has 4 rings (SSSR count). The van der Waals surface area contributed by atoms with Gasteiger partial charge in [-0.2, -0.15) is 0 Å². The predicted molar refractivity (Wildman–Crippen MR) is 94.4 cm³/mol. The molecule has 0 nitrogen and oxygen atoms in total. The third-order valence-corrected chi connectivity index (χ3v) is 6.03. The first-order chi connectivity index (χ1) is 10.7. The number of rotatable bonds is 2. The minimum Gasteiger partial charge on any atom is -0.0843 e. The summed E-state index contributed by atoms with van der Waals surface area (Å²) < 4.78 is 0. The van der Waals surface area contributed by atoms with Crippen LogP contribution in [0.15, 0.2) is 42.5 Å². The van der Waals surface area contributed by atoms with Gasteiger partial charge in [-0.3, -0.25) is 0 Å². The van der Waals surface area contributed by atoms with Crippen molar-refractivity contribution in [3.8, 4) is 11.1 Å². The summed E-state index contributed by atoms with van der Waals surface area (Å²) in [4.78, 5) is 0. The molecule has 2 unspecified atom stereocenters. The molecule has 2 bridgehead atoms. The zero-order valence-electron chi connectivity index (χ0n) is 13.2. The Morgan fingerprint density at radius 2 is 1.45 bits per heavy atom. The smallest absolute Gasteiger partial charge is 0.0406 e. The van der Waals surface area contributed by atoms with E-state index in [1.165, 1.54) is 48.8 Å². The van der Waals surface area contributed by atoms with Crippen molar-refractivity contribution in [3.63, 3.8) is 0 Å². The van der Waals surface area contributed by atoms with E-state index in [4.69, 9.17) is 11.6 Å². The Hall–Kier alpha value is -1.27. The molecule has 114 valence electrons. The van der Waals surface area contributed by atoms with E-state index in [0.717, 1.165) is 22.8 Å². The largest absolute Gasteiger partial charge is 0.0843 e. The average molecular weight is 311 g/mol. The molecule has 0 aromatic heterocycles. The summed E-state index contributed by atoms with van der Waals surface area (Å²) >= 11 is 6.02. The van der Waals surface area contributed by atoms with Crippen molar-refractivity contribution in [2.75, 3.05) is 0 Å². The Kier molecular flexibility index (Phi) is 3.74. The van der Waals surface area contributed by atoms with Crippen molar-refractivity contribution < 1.29 is 0 Å². The van der Waals surface area contributed by atoms with E-state index in [0.29, 0.717) is 0 Å². The second-order valence-corrected chi connectivity index (χ2v) is 7.73. The molecule has 0 heterocycles. The SMILES string of the molecule is Cc1ccc(-c2ccc(Cl)cc2)cc1C1CC2CCC(C2)C1. The fraction of sp³-hybridized carbons (Fsp3) is 0.429. The van der Waals surface area contributed by atoms with E-state index >= 15 is 0 Å². The highest BCUT2D eigenvalue weighted by Gasteiger charge is 2.35. The van der Waals surface area contributed by atoms with Gasteiger partial charge in [-0.1, -0.05) is 54.8 Å². The summed E-state index contributed by atoms with van der Waals surface area (Å²) in [7, 11) is 0. The standard InChI is InChI=1S/C21H23Cl/c1-14-2-5-18(17-6-8-20(22)9-7-17)13-21(14)19-11-15-3-4-16(10-15)12-19/h2,5-9,13,15-16,19H,3-4,10-12H2,1H3. The molecule has 2 fully saturated rings. The highest BCUT2D eigenvalue weighted by Crippen LogP contribution is 2.49. The minimum atomic E-state index is 0.776. The van der Waals surface area contributed by atoms with Crippen LogP contribution in [-0.2, 0) is 0 Å². The molecule has 2 saturated carbocycles. The Balaban J connectivity index is 1.67. The number of fused-ring (bicyclic) bond motifs is 2. The topological polar surface area (TPSA) is 0 Å². The highest BCUT2D eigenvalue weighted by atomic mass is 35.5. The van der Waals surface area contributed by atoms with Gasteiger partial charge in [0.1, 0.15) is 0 Å². The molecule has 2 aliphatic rings. The predicted octanol–water partition coefficient (Wildman–Crippen LogP) is 6.61. The first-order valence-electron chi connectivity index (χ1n) is 8.55. The second-order valence-electron chi connectivity index (χ2n) is 7.29. The third kappa shape index (κ3) is 2.70. The summed E-state index contributed by atoms with van der Waals surface area (Å²) in [5.41, 5.74) is 5.65. The maximum absolute atomic E-state index is 6.02. The molecular weight excluding hydrogens is 288 g/mol. The molecule has 2 aliphatic carbocycles. The molecule has 22 heavy (non-hydrogen) atoms. The molecule has 0 saturated heterocycles. The van der Waals surface area contributed by atoms with Crippen LogP contribution in [-0.4, -0.2) is 0 Å². The molecule has 2 aromatic carbocycles. The molecule has 0 N–H and O–H groups in total. The number of hydrogen-bond acceptors (Lipinski definition) is 0. The minimum absolute atomic E-state index is 0.776. The third-order valence-electron chi connectivity index (χ3n) is 5.78. The van der Waals surface area contributed by atoms with Crippen molar-refractivity contribution in [1.29, 1.82) is 0 Å². The second kappa shape index (κ2) is 5.74. The normalized spacial score (nSPS) is 27.1. The van der Waals surface area contributed by atoms with E-state index in [-0.39, 0.29) is 0 Å². The highest BCUT2D eigenvalue weighted by molar-refractivity contribution is 6.30. The van der Waals surface area contributed by atoms with Crippen LogP contribution in [0.1, 0.15) is 49.1 Å². The molecule has 1 heteroatoms. The van der Waals surface area contributed by atoms with Gasteiger partial charge in [-0.05, 0) is 78.3 Å². The van der Waals surface area contributed by atoms with Crippen LogP contribution in [0.5, 0.6) is 0 Å². The summed E-state index contributed by atoms with van der Waals surface area (Å²) in [5, 5.41) is 0.806. The number of halogens is 1. The average Bonchev–Trinajstić information content (AvgIpc) is 2.87.